The first-order valence-corrected chi connectivity index (χ1v) is 12.4. The van der Waals surface area contributed by atoms with E-state index in [4.69, 9.17) is 20.5 Å². The van der Waals surface area contributed by atoms with Gasteiger partial charge in [-0.15, -0.1) is 0 Å². The van der Waals surface area contributed by atoms with E-state index in [1.54, 1.807) is 0 Å². The van der Waals surface area contributed by atoms with E-state index < -0.39 is 13.9 Å². The van der Waals surface area contributed by atoms with E-state index in [1.807, 2.05) is 12.1 Å². The Hall–Kier alpha value is -1.57. The average Bonchev–Trinajstić information content (AvgIpc) is 2.80. The number of phosphoric acid groups is 1. The Balaban J connectivity index is 1.60. The quantitative estimate of drug-likeness (QED) is 0.309. The summed E-state index contributed by atoms with van der Waals surface area (Å²) >= 11 is 0. The SMILES string of the molecule is NCCNCC(N)COP(=O)(O)OC1CCC(c2ccccc2)(c2ccccc2)CC1. The minimum absolute atomic E-state index is 0.0595. The molecular weight excluding hydrogens is 413 g/mol. The molecule has 2 unspecified atom stereocenters. The van der Waals surface area contributed by atoms with Crippen LogP contribution < -0.4 is 16.8 Å². The molecule has 0 aromatic heterocycles. The summed E-state index contributed by atoms with van der Waals surface area (Å²) in [4.78, 5) is 10.2. The fourth-order valence-corrected chi connectivity index (χ4v) is 5.33. The van der Waals surface area contributed by atoms with Crippen molar-refractivity contribution < 1.29 is 18.5 Å². The van der Waals surface area contributed by atoms with E-state index in [1.165, 1.54) is 11.1 Å². The predicted octanol–water partition coefficient (Wildman–Crippen LogP) is 2.92. The van der Waals surface area contributed by atoms with Crippen molar-refractivity contribution in [1.29, 1.82) is 0 Å². The summed E-state index contributed by atoms with van der Waals surface area (Å²) in [6.07, 6.45) is 2.66. The van der Waals surface area contributed by atoms with Crippen molar-refractivity contribution in [2.24, 2.45) is 11.5 Å². The molecule has 7 nitrogen and oxygen atoms in total. The number of benzene rings is 2. The van der Waals surface area contributed by atoms with Crippen LogP contribution in [0.1, 0.15) is 36.8 Å². The van der Waals surface area contributed by atoms with Gasteiger partial charge in [0.1, 0.15) is 0 Å². The molecule has 1 fully saturated rings. The van der Waals surface area contributed by atoms with Crippen LogP contribution in [-0.2, 0) is 19.0 Å². The zero-order chi connectivity index (χ0) is 22.2. The van der Waals surface area contributed by atoms with Crippen molar-refractivity contribution in [3.63, 3.8) is 0 Å². The molecule has 1 saturated carbocycles. The molecule has 0 heterocycles. The van der Waals surface area contributed by atoms with Crippen molar-refractivity contribution in [3.05, 3.63) is 71.8 Å². The zero-order valence-electron chi connectivity index (χ0n) is 17.9. The number of phosphoric ester groups is 1. The first kappa shape index (κ1) is 24.1. The molecule has 31 heavy (non-hydrogen) atoms. The number of rotatable bonds is 11. The molecule has 0 saturated heterocycles. The van der Waals surface area contributed by atoms with Crippen LogP contribution in [0.3, 0.4) is 0 Å². The molecule has 0 spiro atoms. The minimum atomic E-state index is -4.17. The molecule has 8 heteroatoms. The van der Waals surface area contributed by atoms with E-state index in [0.717, 1.165) is 12.8 Å². The lowest BCUT2D eigenvalue weighted by molar-refractivity contribution is 0.0680. The Kier molecular flexibility index (Phi) is 8.81. The third-order valence-corrected chi connectivity index (χ3v) is 6.94. The van der Waals surface area contributed by atoms with Crippen LogP contribution in [0.15, 0.2) is 60.7 Å². The first-order valence-electron chi connectivity index (χ1n) is 10.9. The zero-order valence-corrected chi connectivity index (χ0v) is 18.8. The Bertz CT molecular complexity index is 788. The molecule has 0 radical (unpaired) electrons. The van der Waals surface area contributed by atoms with Gasteiger partial charge in [0.15, 0.2) is 0 Å². The van der Waals surface area contributed by atoms with Crippen molar-refractivity contribution >= 4 is 7.82 Å². The van der Waals surface area contributed by atoms with Gasteiger partial charge < -0.3 is 21.7 Å². The Morgan fingerprint density at radius 2 is 1.61 bits per heavy atom. The molecule has 1 aliphatic rings. The van der Waals surface area contributed by atoms with Crippen LogP contribution in [-0.4, -0.2) is 43.3 Å². The van der Waals surface area contributed by atoms with Crippen LogP contribution in [0, 0.1) is 0 Å². The Morgan fingerprint density at radius 3 is 2.13 bits per heavy atom. The number of hydrogen-bond acceptors (Lipinski definition) is 6. The lowest BCUT2D eigenvalue weighted by Crippen LogP contribution is -2.39. The Morgan fingerprint density at radius 1 is 1.06 bits per heavy atom. The van der Waals surface area contributed by atoms with E-state index in [9.17, 15) is 9.46 Å². The average molecular weight is 448 g/mol. The topological polar surface area (TPSA) is 120 Å². The summed E-state index contributed by atoms with van der Waals surface area (Å²) in [7, 11) is -4.17. The molecule has 3 rings (SSSR count). The van der Waals surface area contributed by atoms with E-state index in [0.29, 0.717) is 32.5 Å². The third-order valence-electron chi connectivity index (χ3n) is 5.90. The van der Waals surface area contributed by atoms with Crippen molar-refractivity contribution in [1.82, 2.24) is 5.32 Å². The van der Waals surface area contributed by atoms with Crippen LogP contribution in [0.4, 0.5) is 0 Å². The van der Waals surface area contributed by atoms with Gasteiger partial charge in [-0.3, -0.25) is 9.05 Å². The molecule has 0 bridgehead atoms. The minimum Gasteiger partial charge on any atom is -0.329 e. The van der Waals surface area contributed by atoms with Crippen molar-refractivity contribution in [2.75, 3.05) is 26.2 Å². The summed E-state index contributed by atoms with van der Waals surface area (Å²) in [6.45, 7) is 1.53. The highest BCUT2D eigenvalue weighted by Gasteiger charge is 2.40. The molecule has 0 aliphatic heterocycles. The van der Waals surface area contributed by atoms with Crippen molar-refractivity contribution in [2.45, 2.75) is 43.2 Å². The smallest absolute Gasteiger partial charge is 0.329 e. The molecule has 2 aromatic carbocycles. The fraction of sp³-hybridized carbons (Fsp3) is 0.478. The fourth-order valence-electron chi connectivity index (χ4n) is 4.31. The molecule has 2 atom stereocenters. The normalized spacial score (nSPS) is 19.6. The first-order chi connectivity index (χ1) is 15.0. The highest BCUT2D eigenvalue weighted by Crippen LogP contribution is 2.51. The van der Waals surface area contributed by atoms with Gasteiger partial charge in [0.2, 0.25) is 0 Å². The maximum atomic E-state index is 12.4. The van der Waals surface area contributed by atoms with Gasteiger partial charge in [-0.05, 0) is 36.8 Å². The standard InChI is InChI=1S/C23H34N3O4P/c24-15-16-26-17-21(25)18-29-31(27,28)30-22-11-13-23(14-12-22,19-7-3-1-4-8-19)20-9-5-2-6-10-20/h1-10,21-22,26H,11-18,24-25H2,(H,27,28). The second kappa shape index (κ2) is 11.3. The summed E-state index contributed by atoms with van der Waals surface area (Å²) in [6, 6.07) is 20.5. The molecule has 0 amide bonds. The third kappa shape index (κ3) is 6.70. The number of nitrogens with one attached hydrogen (secondary N) is 1. The summed E-state index contributed by atoms with van der Waals surface area (Å²) < 4.78 is 23.1. The lowest BCUT2D eigenvalue weighted by atomic mass is 9.65. The maximum Gasteiger partial charge on any atom is 0.472 e. The second-order valence-corrected chi connectivity index (χ2v) is 9.54. The Labute approximate surface area is 184 Å². The highest BCUT2D eigenvalue weighted by molar-refractivity contribution is 7.47. The van der Waals surface area contributed by atoms with Gasteiger partial charge in [-0.25, -0.2) is 4.57 Å². The van der Waals surface area contributed by atoms with Gasteiger partial charge in [0.05, 0.1) is 12.7 Å². The molecule has 170 valence electrons. The van der Waals surface area contributed by atoms with Crippen molar-refractivity contribution in [3.8, 4) is 0 Å². The van der Waals surface area contributed by atoms with Gasteiger partial charge in [-0.1, -0.05) is 60.7 Å². The molecule has 2 aromatic rings. The van der Waals surface area contributed by atoms with E-state index in [-0.39, 0.29) is 18.1 Å². The maximum absolute atomic E-state index is 12.4. The summed E-state index contributed by atoms with van der Waals surface area (Å²) in [5.74, 6) is 0. The lowest BCUT2D eigenvalue weighted by Gasteiger charge is -2.41. The van der Waals surface area contributed by atoms with Crippen LogP contribution in [0.2, 0.25) is 0 Å². The highest BCUT2D eigenvalue weighted by atomic mass is 31.2. The number of nitrogens with two attached hydrogens (primary N) is 2. The number of hydrogen-bond donors (Lipinski definition) is 4. The predicted molar refractivity (Wildman–Crippen MR) is 123 cm³/mol. The molecular formula is C23H34N3O4P. The molecule has 1 aliphatic carbocycles. The second-order valence-electron chi connectivity index (χ2n) is 8.14. The van der Waals surface area contributed by atoms with Crippen LogP contribution in [0.5, 0.6) is 0 Å². The summed E-state index contributed by atoms with van der Waals surface area (Å²) in [5.41, 5.74) is 13.7. The largest absolute Gasteiger partial charge is 0.472 e. The van der Waals surface area contributed by atoms with Gasteiger partial charge >= 0.3 is 7.82 Å². The van der Waals surface area contributed by atoms with Gasteiger partial charge in [-0.2, -0.15) is 0 Å². The van der Waals surface area contributed by atoms with Gasteiger partial charge in [0.25, 0.3) is 0 Å². The molecule has 6 N–H and O–H groups in total. The van der Waals surface area contributed by atoms with Gasteiger partial charge in [0, 0.05) is 31.1 Å². The van der Waals surface area contributed by atoms with E-state index in [2.05, 4.69) is 53.8 Å². The van der Waals surface area contributed by atoms with Crippen LogP contribution in [0.25, 0.3) is 0 Å². The van der Waals surface area contributed by atoms with E-state index >= 15 is 0 Å². The monoisotopic (exact) mass is 447 g/mol. The van der Waals surface area contributed by atoms with Crippen LogP contribution >= 0.6 is 7.82 Å². The summed E-state index contributed by atoms with van der Waals surface area (Å²) in [5, 5.41) is 3.05.